The van der Waals surface area contributed by atoms with Crippen molar-refractivity contribution in [2.75, 3.05) is 4.72 Å². The Morgan fingerprint density at radius 1 is 1.05 bits per heavy atom. The molecular weight excluding hydrogens is 343 g/mol. The average Bonchev–Trinajstić information content (AvgIpc) is 2.35. The standard InChI is InChI=1S/C13H9Cl2F2NO2S/c1-7-4-12(9(14)6-11(7)17)18-21(19,20)13-3-2-8(16)5-10(13)15/h2-6,18H,1H3. The molecule has 3 nitrogen and oxygen atoms in total. The molecule has 2 rings (SSSR count). The summed E-state index contributed by atoms with van der Waals surface area (Å²) in [6.07, 6.45) is 0. The van der Waals surface area contributed by atoms with Gasteiger partial charge in [-0.2, -0.15) is 0 Å². The number of hydrogen-bond acceptors (Lipinski definition) is 2. The van der Waals surface area contributed by atoms with Gasteiger partial charge in [0.05, 0.1) is 15.7 Å². The summed E-state index contributed by atoms with van der Waals surface area (Å²) in [7, 11) is -4.07. The highest BCUT2D eigenvalue weighted by atomic mass is 35.5. The Kier molecular flexibility index (Phi) is 4.41. The maximum Gasteiger partial charge on any atom is 0.263 e. The Balaban J connectivity index is 2.45. The Hall–Kier alpha value is -1.37. The van der Waals surface area contributed by atoms with Crippen molar-refractivity contribution in [1.82, 2.24) is 0 Å². The lowest BCUT2D eigenvalue weighted by atomic mass is 10.2. The first-order valence-corrected chi connectivity index (χ1v) is 7.88. The van der Waals surface area contributed by atoms with Crippen molar-refractivity contribution < 1.29 is 17.2 Å². The van der Waals surface area contributed by atoms with Crippen molar-refractivity contribution in [2.24, 2.45) is 0 Å². The topological polar surface area (TPSA) is 46.2 Å². The molecule has 0 aliphatic rings. The first-order valence-electron chi connectivity index (χ1n) is 5.64. The monoisotopic (exact) mass is 351 g/mol. The van der Waals surface area contributed by atoms with Gasteiger partial charge in [-0.25, -0.2) is 17.2 Å². The van der Waals surface area contributed by atoms with Crippen LogP contribution in [0.5, 0.6) is 0 Å². The molecule has 0 aliphatic carbocycles. The van der Waals surface area contributed by atoms with E-state index in [9.17, 15) is 17.2 Å². The molecule has 8 heteroatoms. The minimum atomic E-state index is -4.07. The Bertz CT molecular complexity index is 810. The first-order chi connectivity index (χ1) is 9.70. The SMILES string of the molecule is Cc1cc(NS(=O)(=O)c2ccc(F)cc2Cl)c(Cl)cc1F. The summed E-state index contributed by atoms with van der Waals surface area (Å²) in [4.78, 5) is -0.302. The van der Waals surface area contributed by atoms with E-state index in [1.54, 1.807) is 0 Å². The van der Waals surface area contributed by atoms with Crippen molar-refractivity contribution in [3.8, 4) is 0 Å². The molecule has 0 saturated heterocycles. The summed E-state index contributed by atoms with van der Waals surface area (Å²) >= 11 is 11.5. The lowest BCUT2D eigenvalue weighted by molar-refractivity contribution is 0.599. The van der Waals surface area contributed by atoms with E-state index in [4.69, 9.17) is 23.2 Å². The molecule has 0 fully saturated rings. The second-order valence-corrected chi connectivity index (χ2v) is 6.73. The highest BCUT2D eigenvalue weighted by Crippen LogP contribution is 2.29. The summed E-state index contributed by atoms with van der Waals surface area (Å²) in [6.45, 7) is 1.47. The summed E-state index contributed by atoms with van der Waals surface area (Å²) in [6, 6.07) is 5.14. The van der Waals surface area contributed by atoms with Gasteiger partial charge in [-0.15, -0.1) is 0 Å². The molecule has 0 heterocycles. The molecule has 1 N–H and O–H groups in total. The maximum absolute atomic E-state index is 13.3. The number of sulfonamides is 1. The fraction of sp³-hybridized carbons (Fsp3) is 0.0769. The summed E-state index contributed by atoms with van der Waals surface area (Å²) < 4.78 is 52.9. The largest absolute Gasteiger partial charge is 0.278 e. The lowest BCUT2D eigenvalue weighted by Crippen LogP contribution is -2.14. The molecule has 2 aromatic rings. The quantitative estimate of drug-likeness (QED) is 0.891. The molecule has 2 aromatic carbocycles. The smallest absolute Gasteiger partial charge is 0.263 e. The van der Waals surface area contributed by atoms with Crippen LogP contribution in [0.15, 0.2) is 35.2 Å². The molecular formula is C13H9Cl2F2NO2S. The number of aryl methyl sites for hydroxylation is 1. The molecule has 0 bridgehead atoms. The maximum atomic E-state index is 13.3. The van der Waals surface area contributed by atoms with Crippen molar-refractivity contribution in [1.29, 1.82) is 0 Å². The van der Waals surface area contributed by atoms with Crippen LogP contribution in [0.1, 0.15) is 5.56 Å². The van der Waals surface area contributed by atoms with Crippen LogP contribution in [-0.2, 0) is 10.0 Å². The molecule has 112 valence electrons. The third-order valence-electron chi connectivity index (χ3n) is 2.68. The van der Waals surface area contributed by atoms with Gasteiger partial charge in [0.25, 0.3) is 10.0 Å². The van der Waals surface area contributed by atoms with E-state index in [-0.39, 0.29) is 26.2 Å². The van der Waals surface area contributed by atoms with Crippen molar-refractivity contribution in [2.45, 2.75) is 11.8 Å². The number of benzene rings is 2. The molecule has 0 radical (unpaired) electrons. The van der Waals surface area contributed by atoms with Crippen LogP contribution in [0.4, 0.5) is 14.5 Å². The first kappa shape index (κ1) is 16.0. The van der Waals surface area contributed by atoms with E-state index in [2.05, 4.69) is 4.72 Å². The van der Waals surface area contributed by atoms with Gasteiger partial charge in [0.1, 0.15) is 16.5 Å². The van der Waals surface area contributed by atoms with Gasteiger partial charge in [0.2, 0.25) is 0 Å². The van der Waals surface area contributed by atoms with Gasteiger partial charge < -0.3 is 0 Å². The molecule has 0 unspecified atom stereocenters. The Morgan fingerprint density at radius 2 is 1.71 bits per heavy atom. The lowest BCUT2D eigenvalue weighted by Gasteiger charge is -2.12. The van der Waals surface area contributed by atoms with E-state index in [1.165, 1.54) is 13.0 Å². The van der Waals surface area contributed by atoms with Gasteiger partial charge in [0, 0.05) is 0 Å². The molecule has 0 amide bonds. The van der Waals surface area contributed by atoms with Gasteiger partial charge in [-0.3, -0.25) is 4.72 Å². The van der Waals surface area contributed by atoms with Gasteiger partial charge in [0.15, 0.2) is 0 Å². The van der Waals surface area contributed by atoms with Crippen molar-refractivity contribution in [3.05, 3.63) is 57.6 Å². The predicted molar refractivity (Wildman–Crippen MR) is 78.4 cm³/mol. The van der Waals surface area contributed by atoms with Crippen molar-refractivity contribution in [3.63, 3.8) is 0 Å². The average molecular weight is 352 g/mol. The van der Waals surface area contributed by atoms with Crippen LogP contribution in [0, 0.1) is 18.6 Å². The van der Waals surface area contributed by atoms with Crippen LogP contribution in [0.25, 0.3) is 0 Å². The Labute approximate surface area is 130 Å². The van der Waals surface area contributed by atoms with E-state index in [1.807, 2.05) is 0 Å². The van der Waals surface area contributed by atoms with Crippen LogP contribution >= 0.6 is 23.2 Å². The molecule has 0 saturated carbocycles. The van der Waals surface area contributed by atoms with Crippen LogP contribution in [0.2, 0.25) is 10.0 Å². The van der Waals surface area contributed by atoms with Gasteiger partial charge >= 0.3 is 0 Å². The molecule has 0 spiro atoms. The number of rotatable bonds is 3. The number of anilines is 1. The number of nitrogens with one attached hydrogen (secondary N) is 1. The van der Waals surface area contributed by atoms with Crippen LogP contribution in [-0.4, -0.2) is 8.42 Å². The normalized spacial score (nSPS) is 11.5. The molecule has 0 atom stereocenters. The molecule has 0 aromatic heterocycles. The van der Waals surface area contributed by atoms with E-state index in [0.29, 0.717) is 0 Å². The number of halogens is 4. The second kappa shape index (κ2) is 5.79. The highest BCUT2D eigenvalue weighted by molar-refractivity contribution is 7.92. The zero-order valence-electron chi connectivity index (χ0n) is 10.6. The summed E-state index contributed by atoms with van der Waals surface area (Å²) in [5.41, 5.74) is 0.235. The molecule has 0 aliphatic heterocycles. The van der Waals surface area contributed by atoms with Crippen LogP contribution in [0.3, 0.4) is 0 Å². The zero-order valence-corrected chi connectivity index (χ0v) is 13.0. The van der Waals surface area contributed by atoms with E-state index >= 15 is 0 Å². The van der Waals surface area contributed by atoms with Gasteiger partial charge in [-0.1, -0.05) is 23.2 Å². The molecule has 21 heavy (non-hydrogen) atoms. The van der Waals surface area contributed by atoms with Crippen molar-refractivity contribution >= 4 is 38.9 Å². The third-order valence-corrected chi connectivity index (χ3v) is 4.84. The minimum absolute atomic E-state index is 0.0101. The van der Waals surface area contributed by atoms with Crippen LogP contribution < -0.4 is 4.72 Å². The number of hydrogen-bond donors (Lipinski definition) is 1. The summed E-state index contributed by atoms with van der Waals surface area (Å²) in [5, 5.41) is -0.364. The van der Waals surface area contributed by atoms with E-state index < -0.39 is 21.7 Å². The highest BCUT2D eigenvalue weighted by Gasteiger charge is 2.20. The van der Waals surface area contributed by atoms with Gasteiger partial charge in [-0.05, 0) is 42.8 Å². The fourth-order valence-electron chi connectivity index (χ4n) is 1.63. The van der Waals surface area contributed by atoms with E-state index in [0.717, 1.165) is 24.3 Å². The fourth-order valence-corrected chi connectivity index (χ4v) is 3.49. The Morgan fingerprint density at radius 3 is 2.33 bits per heavy atom. The summed E-state index contributed by atoms with van der Waals surface area (Å²) in [5.74, 6) is -1.21. The predicted octanol–water partition coefficient (Wildman–Crippen LogP) is 4.38. The third kappa shape index (κ3) is 3.45. The zero-order chi connectivity index (χ0) is 15.8. The minimum Gasteiger partial charge on any atom is -0.278 e. The second-order valence-electron chi connectivity index (χ2n) is 4.26.